The third kappa shape index (κ3) is 4.70. The van der Waals surface area contributed by atoms with Crippen LogP contribution in [0.3, 0.4) is 0 Å². The lowest BCUT2D eigenvalue weighted by Crippen LogP contribution is -2.15. The summed E-state index contributed by atoms with van der Waals surface area (Å²) in [5.41, 5.74) is 0.224. The number of non-ortho nitro benzene ring substituents is 1. The highest BCUT2D eigenvalue weighted by Crippen LogP contribution is 2.29. The van der Waals surface area contributed by atoms with Gasteiger partial charge in [-0.2, -0.15) is 0 Å². The Morgan fingerprint density at radius 1 is 1.33 bits per heavy atom. The molecule has 6 heteroatoms. The lowest BCUT2D eigenvalue weighted by molar-refractivity contribution is -0.384. The van der Waals surface area contributed by atoms with Crippen molar-refractivity contribution in [2.45, 2.75) is 44.9 Å². The number of anilines is 1. The Bertz CT molecular complexity index is 528. The van der Waals surface area contributed by atoms with E-state index in [2.05, 4.69) is 5.32 Å². The van der Waals surface area contributed by atoms with E-state index in [-0.39, 0.29) is 11.6 Å². The Morgan fingerprint density at radius 3 is 2.71 bits per heavy atom. The first-order valence-electron chi connectivity index (χ1n) is 7.30. The van der Waals surface area contributed by atoms with Crippen LogP contribution in [0.2, 0.25) is 5.02 Å². The van der Waals surface area contributed by atoms with Crippen LogP contribution < -0.4 is 5.32 Å². The largest absolute Gasteiger partial charge is 0.325 e. The van der Waals surface area contributed by atoms with Crippen molar-refractivity contribution in [1.29, 1.82) is 0 Å². The van der Waals surface area contributed by atoms with E-state index in [9.17, 15) is 14.9 Å². The number of carbonyl (C=O) groups excluding carboxylic acids is 1. The molecule has 0 aliphatic heterocycles. The number of nitro groups is 1. The van der Waals surface area contributed by atoms with Crippen molar-refractivity contribution in [2.75, 3.05) is 5.32 Å². The summed E-state index contributed by atoms with van der Waals surface area (Å²) in [7, 11) is 0. The molecule has 0 radical (unpaired) electrons. The average molecular weight is 311 g/mol. The number of hydrogen-bond acceptors (Lipinski definition) is 3. The first-order chi connectivity index (χ1) is 10.1. The normalized spacial score (nSPS) is 15.7. The Hall–Kier alpha value is -1.62. The summed E-state index contributed by atoms with van der Waals surface area (Å²) in [6, 6.07) is 4.04. The summed E-state index contributed by atoms with van der Waals surface area (Å²) in [4.78, 5) is 22.2. The van der Waals surface area contributed by atoms with Crippen LogP contribution in [0.15, 0.2) is 18.2 Å². The van der Waals surface area contributed by atoms with Crippen LogP contribution in [0.1, 0.15) is 44.9 Å². The molecular formula is C15H19ClN2O3. The molecule has 1 fully saturated rings. The molecule has 114 valence electrons. The minimum Gasteiger partial charge on any atom is -0.325 e. The molecule has 0 bridgehead atoms. The van der Waals surface area contributed by atoms with Gasteiger partial charge in [-0.1, -0.05) is 43.7 Å². The van der Waals surface area contributed by atoms with Crippen LogP contribution in [0.5, 0.6) is 0 Å². The molecule has 1 aliphatic rings. The lowest BCUT2D eigenvalue weighted by Gasteiger charge is -2.21. The van der Waals surface area contributed by atoms with Gasteiger partial charge in [0.05, 0.1) is 15.6 Å². The molecule has 0 aromatic heterocycles. The van der Waals surface area contributed by atoms with Crippen LogP contribution in [-0.2, 0) is 4.79 Å². The van der Waals surface area contributed by atoms with Crippen LogP contribution in [0.25, 0.3) is 0 Å². The first-order valence-corrected chi connectivity index (χ1v) is 7.68. The highest BCUT2D eigenvalue weighted by Gasteiger charge is 2.16. The minimum atomic E-state index is -0.506. The second-order valence-electron chi connectivity index (χ2n) is 5.51. The summed E-state index contributed by atoms with van der Waals surface area (Å²) >= 11 is 5.96. The number of carbonyl (C=O) groups is 1. The second-order valence-corrected chi connectivity index (χ2v) is 5.92. The predicted octanol–water partition coefficient (Wildman–Crippen LogP) is 4.55. The van der Waals surface area contributed by atoms with Gasteiger partial charge in [0.2, 0.25) is 5.91 Å². The van der Waals surface area contributed by atoms with Gasteiger partial charge in [-0.15, -0.1) is 0 Å². The number of amides is 1. The van der Waals surface area contributed by atoms with E-state index in [1.165, 1.54) is 50.3 Å². The Balaban J connectivity index is 1.89. The number of nitro benzene ring substituents is 1. The van der Waals surface area contributed by atoms with Crippen LogP contribution >= 0.6 is 11.6 Å². The van der Waals surface area contributed by atoms with E-state index < -0.39 is 4.92 Å². The van der Waals surface area contributed by atoms with E-state index >= 15 is 0 Å². The van der Waals surface area contributed by atoms with Gasteiger partial charge in [-0.25, -0.2) is 0 Å². The smallest absolute Gasteiger partial charge is 0.271 e. The maximum Gasteiger partial charge on any atom is 0.271 e. The van der Waals surface area contributed by atoms with Gasteiger partial charge < -0.3 is 5.32 Å². The summed E-state index contributed by atoms with van der Waals surface area (Å²) in [5.74, 6) is 0.494. The van der Waals surface area contributed by atoms with Gasteiger partial charge in [0.25, 0.3) is 5.69 Å². The van der Waals surface area contributed by atoms with Gasteiger partial charge >= 0.3 is 0 Å². The molecule has 21 heavy (non-hydrogen) atoms. The molecule has 0 saturated heterocycles. The summed E-state index contributed by atoms with van der Waals surface area (Å²) < 4.78 is 0. The van der Waals surface area contributed by atoms with Crippen LogP contribution in [-0.4, -0.2) is 10.8 Å². The van der Waals surface area contributed by atoms with E-state index in [0.29, 0.717) is 23.0 Å². The third-order valence-electron chi connectivity index (χ3n) is 3.94. The number of rotatable bonds is 5. The average Bonchev–Trinajstić information content (AvgIpc) is 2.48. The Morgan fingerprint density at radius 2 is 2.05 bits per heavy atom. The van der Waals surface area contributed by atoms with E-state index in [4.69, 9.17) is 11.6 Å². The zero-order valence-corrected chi connectivity index (χ0v) is 12.6. The number of nitrogens with one attached hydrogen (secondary N) is 1. The number of nitrogens with zero attached hydrogens (tertiary/aromatic N) is 1. The summed E-state index contributed by atoms with van der Waals surface area (Å²) in [6.45, 7) is 0. The van der Waals surface area contributed by atoms with E-state index in [1.807, 2.05) is 0 Å². The van der Waals surface area contributed by atoms with Crippen molar-refractivity contribution in [2.24, 2.45) is 5.92 Å². The highest BCUT2D eigenvalue weighted by atomic mass is 35.5. The number of benzene rings is 1. The zero-order chi connectivity index (χ0) is 15.2. The van der Waals surface area contributed by atoms with Crippen LogP contribution in [0.4, 0.5) is 11.4 Å². The second kappa shape index (κ2) is 7.41. The van der Waals surface area contributed by atoms with Gasteiger partial charge in [0.1, 0.15) is 0 Å². The van der Waals surface area contributed by atoms with Gasteiger partial charge in [0.15, 0.2) is 0 Å². The van der Waals surface area contributed by atoms with E-state index in [1.54, 1.807) is 0 Å². The quantitative estimate of drug-likeness (QED) is 0.640. The van der Waals surface area contributed by atoms with Crippen LogP contribution in [0, 0.1) is 16.0 Å². The predicted molar refractivity (Wildman–Crippen MR) is 82.5 cm³/mol. The maximum absolute atomic E-state index is 11.9. The summed E-state index contributed by atoms with van der Waals surface area (Å²) in [5, 5.41) is 13.7. The molecule has 0 atom stereocenters. The van der Waals surface area contributed by atoms with Crippen molar-refractivity contribution < 1.29 is 9.72 Å². The maximum atomic E-state index is 11.9. The van der Waals surface area contributed by atoms with Gasteiger partial charge in [0, 0.05) is 18.6 Å². The number of hydrogen-bond donors (Lipinski definition) is 1. The number of halogens is 1. The van der Waals surface area contributed by atoms with E-state index in [0.717, 1.165) is 6.42 Å². The van der Waals surface area contributed by atoms with Crippen molar-refractivity contribution in [3.8, 4) is 0 Å². The lowest BCUT2D eigenvalue weighted by atomic mass is 9.86. The molecule has 0 heterocycles. The standard InChI is InChI=1S/C15H19ClN2O3/c16-13-8-7-12(18(20)21)10-14(13)17-15(19)9-6-11-4-2-1-3-5-11/h7-8,10-11H,1-6,9H2,(H,17,19). The molecule has 0 spiro atoms. The van der Waals surface area contributed by atoms with Crippen molar-refractivity contribution in [1.82, 2.24) is 0 Å². The monoisotopic (exact) mass is 310 g/mol. The fourth-order valence-corrected chi connectivity index (χ4v) is 2.91. The topological polar surface area (TPSA) is 72.2 Å². The van der Waals surface area contributed by atoms with Gasteiger partial charge in [-0.3, -0.25) is 14.9 Å². The molecule has 0 unspecified atom stereocenters. The molecule has 5 nitrogen and oxygen atoms in total. The first kappa shape index (κ1) is 15.8. The molecule has 1 aromatic carbocycles. The summed E-state index contributed by atoms with van der Waals surface area (Å²) in [6.07, 6.45) is 7.51. The molecule has 1 saturated carbocycles. The molecule has 1 aliphatic carbocycles. The molecular weight excluding hydrogens is 292 g/mol. The van der Waals surface area contributed by atoms with Gasteiger partial charge in [-0.05, 0) is 18.4 Å². The fraction of sp³-hybridized carbons (Fsp3) is 0.533. The molecule has 1 N–H and O–H groups in total. The SMILES string of the molecule is O=C(CCC1CCCCC1)Nc1cc([N+](=O)[O-])ccc1Cl. The molecule has 2 rings (SSSR count). The molecule has 1 aromatic rings. The fourth-order valence-electron chi connectivity index (χ4n) is 2.75. The van der Waals surface area contributed by atoms with Crippen molar-refractivity contribution >= 4 is 28.9 Å². The zero-order valence-electron chi connectivity index (χ0n) is 11.8. The third-order valence-corrected chi connectivity index (χ3v) is 4.27. The Labute approximate surface area is 128 Å². The van der Waals surface area contributed by atoms with Crippen molar-refractivity contribution in [3.05, 3.63) is 33.3 Å². The van der Waals surface area contributed by atoms with Crippen molar-refractivity contribution in [3.63, 3.8) is 0 Å². The minimum absolute atomic E-state index is 0.0815. The highest BCUT2D eigenvalue weighted by molar-refractivity contribution is 6.33. The molecule has 1 amide bonds. The Kier molecular flexibility index (Phi) is 5.56.